The van der Waals surface area contributed by atoms with Gasteiger partial charge in [0.05, 0.1) is 40.5 Å². The third kappa shape index (κ3) is 5.18. The van der Waals surface area contributed by atoms with Crippen molar-refractivity contribution in [3.63, 3.8) is 0 Å². The molecule has 4 rings (SSSR count). The van der Waals surface area contributed by atoms with E-state index in [1.165, 1.54) is 6.20 Å². The highest BCUT2D eigenvalue weighted by Gasteiger charge is 2.37. The number of nitrogens with zero attached hydrogens (tertiary/aromatic N) is 3. The Balaban J connectivity index is 1.69. The number of aryl methyl sites for hydroxylation is 1. The van der Waals surface area contributed by atoms with Crippen LogP contribution in [0.3, 0.4) is 0 Å². The van der Waals surface area contributed by atoms with Crippen LogP contribution in [0.15, 0.2) is 52.6 Å². The van der Waals surface area contributed by atoms with Crippen molar-refractivity contribution in [1.82, 2.24) is 9.97 Å². The van der Waals surface area contributed by atoms with E-state index < -0.39 is 20.0 Å². The number of nitrogens with two attached hydrogens (primary N) is 1. The van der Waals surface area contributed by atoms with Gasteiger partial charge in [-0.05, 0) is 69.0 Å². The van der Waals surface area contributed by atoms with Gasteiger partial charge in [0.25, 0.3) is 0 Å². The Morgan fingerprint density at radius 1 is 1.16 bits per heavy atom. The summed E-state index contributed by atoms with van der Waals surface area (Å²) in [6.45, 7) is 5.13. The molecule has 1 atom stereocenters. The SMILES string of the molecule is COc1cc2c(cc1Nc1ncc(Cl)c(Nc3ccccc3S(=O)(=O)C(C)C)n1)CC/C(=N\N)C2(C)Cl. The predicted octanol–water partition coefficient (Wildman–Crippen LogP) is 5.52. The zero-order chi connectivity index (χ0) is 27.0. The normalized spacial score (nSPS) is 18.5. The molecule has 0 bridgehead atoms. The van der Waals surface area contributed by atoms with E-state index in [1.807, 2.05) is 19.1 Å². The molecule has 1 aliphatic rings. The molecule has 0 radical (unpaired) electrons. The van der Waals surface area contributed by atoms with Gasteiger partial charge in [-0.25, -0.2) is 13.4 Å². The Bertz CT molecular complexity index is 1480. The summed E-state index contributed by atoms with van der Waals surface area (Å²) in [6.07, 6.45) is 2.78. The maximum Gasteiger partial charge on any atom is 0.229 e. The van der Waals surface area contributed by atoms with E-state index in [9.17, 15) is 8.42 Å². The number of ether oxygens (including phenoxy) is 1. The van der Waals surface area contributed by atoms with Gasteiger partial charge in [-0.15, -0.1) is 11.6 Å². The molecular formula is C25H28Cl2N6O3S. The highest BCUT2D eigenvalue weighted by atomic mass is 35.5. The van der Waals surface area contributed by atoms with Crippen molar-refractivity contribution >= 4 is 61.9 Å². The first-order valence-electron chi connectivity index (χ1n) is 11.6. The zero-order valence-corrected chi connectivity index (χ0v) is 23.2. The van der Waals surface area contributed by atoms with Crippen LogP contribution in [-0.2, 0) is 21.1 Å². The fraction of sp³-hybridized carbons (Fsp3) is 0.320. The lowest BCUT2D eigenvalue weighted by Crippen LogP contribution is -2.33. The first-order chi connectivity index (χ1) is 17.5. The summed E-state index contributed by atoms with van der Waals surface area (Å²) >= 11 is 13.2. The van der Waals surface area contributed by atoms with E-state index in [0.717, 1.165) is 11.1 Å². The maximum atomic E-state index is 12.9. The number of para-hydroxylation sites is 1. The van der Waals surface area contributed by atoms with Gasteiger partial charge in [0.2, 0.25) is 5.95 Å². The van der Waals surface area contributed by atoms with Gasteiger partial charge < -0.3 is 21.2 Å². The molecule has 0 saturated heterocycles. The molecule has 2 aromatic carbocycles. The Morgan fingerprint density at radius 2 is 1.89 bits per heavy atom. The Morgan fingerprint density at radius 3 is 2.57 bits per heavy atom. The topological polar surface area (TPSA) is 132 Å². The molecule has 196 valence electrons. The number of sulfone groups is 1. The van der Waals surface area contributed by atoms with Gasteiger partial charge in [0, 0.05) is 0 Å². The van der Waals surface area contributed by atoms with Crippen LogP contribution >= 0.6 is 23.2 Å². The highest BCUT2D eigenvalue weighted by molar-refractivity contribution is 7.92. The summed E-state index contributed by atoms with van der Waals surface area (Å²) in [5, 5.41) is 9.75. The predicted molar refractivity (Wildman–Crippen MR) is 149 cm³/mol. The molecular weight excluding hydrogens is 535 g/mol. The Hall–Kier alpha value is -3.08. The lowest BCUT2D eigenvalue weighted by Gasteiger charge is -2.32. The first-order valence-corrected chi connectivity index (χ1v) is 13.9. The summed E-state index contributed by atoms with van der Waals surface area (Å²) in [6, 6.07) is 10.4. The molecule has 0 saturated carbocycles. The van der Waals surface area contributed by atoms with Gasteiger partial charge in [0.1, 0.15) is 15.6 Å². The Labute approximate surface area is 226 Å². The van der Waals surface area contributed by atoms with Crippen LogP contribution in [0.1, 0.15) is 38.3 Å². The van der Waals surface area contributed by atoms with E-state index in [2.05, 4.69) is 25.7 Å². The Kier molecular flexibility index (Phi) is 7.55. The number of benzene rings is 2. The number of hydrogen-bond donors (Lipinski definition) is 3. The van der Waals surface area contributed by atoms with Crippen LogP contribution < -0.4 is 21.2 Å². The molecule has 37 heavy (non-hydrogen) atoms. The van der Waals surface area contributed by atoms with Crippen LogP contribution in [0.5, 0.6) is 5.75 Å². The summed E-state index contributed by atoms with van der Waals surface area (Å²) in [7, 11) is -1.98. The quantitative estimate of drug-likeness (QED) is 0.195. The highest BCUT2D eigenvalue weighted by Crippen LogP contribution is 2.43. The smallest absolute Gasteiger partial charge is 0.229 e. The van der Waals surface area contributed by atoms with Crippen molar-refractivity contribution in [2.75, 3.05) is 17.7 Å². The minimum absolute atomic E-state index is 0.162. The first kappa shape index (κ1) is 27.0. The number of halogens is 2. The van der Waals surface area contributed by atoms with Crippen LogP contribution in [0.4, 0.5) is 23.1 Å². The van der Waals surface area contributed by atoms with Crippen molar-refractivity contribution in [3.8, 4) is 5.75 Å². The number of alkyl halides is 1. The van der Waals surface area contributed by atoms with E-state index in [4.69, 9.17) is 33.8 Å². The number of nitrogens with one attached hydrogen (secondary N) is 2. The molecule has 0 aliphatic heterocycles. The molecule has 3 aromatic rings. The van der Waals surface area contributed by atoms with Gasteiger partial charge in [-0.2, -0.15) is 10.1 Å². The third-order valence-corrected chi connectivity index (χ3v) is 9.23. The second-order valence-corrected chi connectivity index (χ2v) is 12.7. The number of methoxy groups -OCH3 is 1. The summed E-state index contributed by atoms with van der Waals surface area (Å²) in [5.41, 5.74) is 3.61. The lowest BCUT2D eigenvalue weighted by molar-refractivity contribution is 0.415. The summed E-state index contributed by atoms with van der Waals surface area (Å²) in [4.78, 5) is 8.10. The number of hydrogen-bond acceptors (Lipinski definition) is 9. The molecule has 1 unspecified atom stereocenters. The van der Waals surface area contributed by atoms with E-state index in [-0.39, 0.29) is 21.7 Å². The average molecular weight is 564 g/mol. The van der Waals surface area contributed by atoms with Gasteiger partial charge in [-0.3, -0.25) is 0 Å². The molecule has 0 fully saturated rings. The minimum atomic E-state index is -3.54. The van der Waals surface area contributed by atoms with Crippen LogP contribution in [0.25, 0.3) is 0 Å². The van der Waals surface area contributed by atoms with Crippen LogP contribution in [-0.4, -0.2) is 36.5 Å². The number of aromatic nitrogens is 2. The van der Waals surface area contributed by atoms with E-state index >= 15 is 0 Å². The van der Waals surface area contributed by atoms with Gasteiger partial charge >= 0.3 is 0 Å². The second-order valence-electron chi connectivity index (χ2n) is 9.02. The molecule has 9 nitrogen and oxygen atoms in total. The average Bonchev–Trinajstić information content (AvgIpc) is 2.86. The number of rotatable bonds is 7. The van der Waals surface area contributed by atoms with Crippen molar-refractivity contribution < 1.29 is 13.2 Å². The summed E-state index contributed by atoms with van der Waals surface area (Å²) in [5.74, 6) is 6.58. The maximum absolute atomic E-state index is 12.9. The molecule has 0 amide bonds. The van der Waals surface area contributed by atoms with Crippen LogP contribution in [0.2, 0.25) is 5.02 Å². The fourth-order valence-corrected chi connectivity index (χ4v) is 5.86. The molecule has 0 spiro atoms. The van der Waals surface area contributed by atoms with Crippen LogP contribution in [0, 0.1) is 0 Å². The zero-order valence-electron chi connectivity index (χ0n) is 20.8. The monoisotopic (exact) mass is 562 g/mol. The number of anilines is 4. The molecule has 1 aromatic heterocycles. The lowest BCUT2D eigenvalue weighted by atomic mass is 9.81. The minimum Gasteiger partial charge on any atom is -0.495 e. The van der Waals surface area contributed by atoms with E-state index in [0.29, 0.717) is 35.7 Å². The largest absolute Gasteiger partial charge is 0.495 e. The fourth-order valence-electron chi connectivity index (χ4n) is 4.20. The van der Waals surface area contributed by atoms with Crippen molar-refractivity contribution in [1.29, 1.82) is 0 Å². The summed E-state index contributed by atoms with van der Waals surface area (Å²) < 4.78 is 31.3. The third-order valence-electron chi connectivity index (χ3n) is 6.32. The van der Waals surface area contributed by atoms with Crippen molar-refractivity contribution in [3.05, 3.63) is 58.7 Å². The van der Waals surface area contributed by atoms with Gasteiger partial charge in [0.15, 0.2) is 15.7 Å². The van der Waals surface area contributed by atoms with Gasteiger partial charge in [-0.1, -0.05) is 23.7 Å². The van der Waals surface area contributed by atoms with Crippen molar-refractivity contribution in [2.45, 2.75) is 48.6 Å². The second kappa shape index (κ2) is 10.4. The number of hydrazone groups is 1. The van der Waals surface area contributed by atoms with Crippen molar-refractivity contribution in [2.24, 2.45) is 10.9 Å². The molecule has 4 N–H and O–H groups in total. The molecule has 12 heteroatoms. The van der Waals surface area contributed by atoms with E-state index in [1.54, 1.807) is 45.2 Å². The standard InChI is InChI=1S/C25H28Cl2N6O3S/c1-14(2)37(34,35)21-8-6-5-7-18(21)30-23-17(26)13-29-24(32-23)31-19-11-15-9-10-22(33-28)25(3,27)16(15)12-20(19)36-4/h5-8,11-14H,9-10,28H2,1-4H3,(H2,29,30,31,32)/b33-22+. The molecule has 1 heterocycles. The number of fused-ring (bicyclic) bond motifs is 1. The molecule has 1 aliphatic carbocycles.